The number of ether oxygens (including phenoxy) is 2. The number of rotatable bonds is 6. The van der Waals surface area contributed by atoms with E-state index in [4.69, 9.17) is 9.47 Å². The number of hydrogen-bond acceptors (Lipinski definition) is 6. The van der Waals surface area contributed by atoms with Crippen molar-refractivity contribution in [3.63, 3.8) is 0 Å². The van der Waals surface area contributed by atoms with Crippen LogP contribution in [0.4, 0.5) is 0 Å². The van der Waals surface area contributed by atoms with Crippen molar-refractivity contribution in [2.24, 2.45) is 5.92 Å². The first kappa shape index (κ1) is 17.2. The van der Waals surface area contributed by atoms with E-state index >= 15 is 0 Å². The van der Waals surface area contributed by atoms with Gasteiger partial charge in [0.25, 0.3) is 0 Å². The van der Waals surface area contributed by atoms with E-state index in [9.17, 15) is 0 Å². The van der Waals surface area contributed by atoms with E-state index in [-0.39, 0.29) is 0 Å². The molecule has 26 heavy (non-hydrogen) atoms. The Bertz CT molecular complexity index is 734. The molecule has 2 fully saturated rings. The minimum absolute atomic E-state index is 0.290. The number of pyridine rings is 2. The van der Waals surface area contributed by atoms with Crippen LogP contribution in [-0.4, -0.2) is 65.7 Å². The molecule has 0 radical (unpaired) electrons. The minimum atomic E-state index is 0.290. The summed E-state index contributed by atoms with van der Waals surface area (Å²) in [4.78, 5) is 13.4. The first-order valence-electron chi connectivity index (χ1n) is 9.13. The molecule has 2 aromatic rings. The van der Waals surface area contributed by atoms with Gasteiger partial charge in [0, 0.05) is 55.6 Å². The predicted octanol–water partition coefficient (Wildman–Crippen LogP) is 2.07. The number of nitrogens with zero attached hydrogens (tertiary/aromatic N) is 4. The maximum atomic E-state index is 5.93. The average Bonchev–Trinajstić information content (AvgIpc) is 2.97. The average molecular weight is 354 g/mol. The molecule has 6 heteroatoms. The summed E-state index contributed by atoms with van der Waals surface area (Å²) in [5, 5.41) is 0. The van der Waals surface area contributed by atoms with Crippen molar-refractivity contribution in [3.05, 3.63) is 48.4 Å². The Morgan fingerprint density at radius 2 is 2.08 bits per heavy atom. The van der Waals surface area contributed by atoms with Gasteiger partial charge in [-0.25, -0.2) is 4.98 Å². The fourth-order valence-electron chi connectivity index (χ4n) is 4.33. The van der Waals surface area contributed by atoms with Crippen molar-refractivity contribution in [2.45, 2.75) is 18.5 Å². The molecular weight excluding hydrogens is 328 g/mol. The van der Waals surface area contributed by atoms with E-state index in [1.165, 1.54) is 6.42 Å². The highest BCUT2D eigenvalue weighted by molar-refractivity contribution is 5.26. The Morgan fingerprint density at radius 3 is 2.85 bits per heavy atom. The third-order valence-corrected chi connectivity index (χ3v) is 5.60. The number of likely N-dealkylation sites (N-methyl/N-ethyl adjacent to an activating group) is 1. The van der Waals surface area contributed by atoms with Gasteiger partial charge in [-0.2, -0.15) is 0 Å². The van der Waals surface area contributed by atoms with E-state index in [1.54, 1.807) is 25.7 Å². The van der Waals surface area contributed by atoms with Gasteiger partial charge in [-0.1, -0.05) is 6.07 Å². The molecule has 1 atom stereocenters. The van der Waals surface area contributed by atoms with Crippen molar-refractivity contribution in [1.29, 1.82) is 0 Å². The lowest BCUT2D eigenvalue weighted by atomic mass is 9.84. The number of likely N-dealkylation sites (tertiary alicyclic amines) is 2. The molecule has 2 saturated heterocycles. The SMILES string of the molecule is COc1ncccc1CN1CC2(CC(COc3cccnc3)CN2C)C1. The summed E-state index contributed by atoms with van der Waals surface area (Å²) in [6.07, 6.45) is 6.51. The number of methoxy groups -OCH3 is 1. The molecule has 0 amide bonds. The van der Waals surface area contributed by atoms with Gasteiger partial charge >= 0.3 is 0 Å². The van der Waals surface area contributed by atoms with Crippen LogP contribution in [0.15, 0.2) is 42.9 Å². The summed E-state index contributed by atoms with van der Waals surface area (Å²) in [6.45, 7) is 4.91. The normalized spacial score (nSPS) is 22.3. The van der Waals surface area contributed by atoms with E-state index in [0.29, 0.717) is 11.5 Å². The fourth-order valence-corrected chi connectivity index (χ4v) is 4.33. The monoisotopic (exact) mass is 354 g/mol. The Hall–Kier alpha value is -2.18. The van der Waals surface area contributed by atoms with Crippen LogP contribution >= 0.6 is 0 Å². The molecule has 2 aromatic heterocycles. The van der Waals surface area contributed by atoms with Gasteiger partial charge in [0.05, 0.1) is 19.9 Å². The second kappa shape index (κ2) is 7.21. The molecule has 0 bridgehead atoms. The summed E-state index contributed by atoms with van der Waals surface area (Å²) in [5.74, 6) is 2.15. The Kier molecular flexibility index (Phi) is 4.78. The highest BCUT2D eigenvalue weighted by atomic mass is 16.5. The lowest BCUT2D eigenvalue weighted by Crippen LogP contribution is -2.66. The highest BCUT2D eigenvalue weighted by Crippen LogP contribution is 2.40. The van der Waals surface area contributed by atoms with E-state index in [0.717, 1.165) is 50.0 Å². The molecule has 4 rings (SSSR count). The van der Waals surface area contributed by atoms with Crippen molar-refractivity contribution in [1.82, 2.24) is 19.8 Å². The summed E-state index contributed by atoms with van der Waals surface area (Å²) in [7, 11) is 3.92. The predicted molar refractivity (Wildman–Crippen MR) is 99.3 cm³/mol. The zero-order valence-corrected chi connectivity index (χ0v) is 15.5. The Labute approximate surface area is 154 Å². The van der Waals surface area contributed by atoms with Gasteiger partial charge in [0.15, 0.2) is 0 Å². The van der Waals surface area contributed by atoms with Gasteiger partial charge in [-0.05, 0) is 31.7 Å². The number of hydrogen-bond donors (Lipinski definition) is 0. The summed E-state index contributed by atoms with van der Waals surface area (Å²) >= 11 is 0. The maximum absolute atomic E-state index is 5.93. The minimum Gasteiger partial charge on any atom is -0.492 e. The standard InChI is InChI=1S/C20H26N4O2/c1-23-11-16(13-26-18-6-4-7-21-10-18)9-20(23)14-24(15-20)12-17-5-3-8-22-19(17)25-2/h3-8,10,16H,9,11-15H2,1-2H3. The summed E-state index contributed by atoms with van der Waals surface area (Å²) in [5.41, 5.74) is 1.44. The molecule has 1 spiro atoms. The smallest absolute Gasteiger partial charge is 0.217 e. The first-order valence-corrected chi connectivity index (χ1v) is 9.13. The van der Waals surface area contributed by atoms with Gasteiger partial charge in [0.2, 0.25) is 5.88 Å². The molecule has 0 aromatic carbocycles. The van der Waals surface area contributed by atoms with Crippen molar-refractivity contribution in [3.8, 4) is 11.6 Å². The van der Waals surface area contributed by atoms with Gasteiger partial charge in [-0.15, -0.1) is 0 Å². The van der Waals surface area contributed by atoms with Crippen LogP contribution in [0.2, 0.25) is 0 Å². The largest absolute Gasteiger partial charge is 0.492 e. The van der Waals surface area contributed by atoms with E-state index in [2.05, 4.69) is 32.9 Å². The zero-order valence-electron chi connectivity index (χ0n) is 15.5. The molecular formula is C20H26N4O2. The topological polar surface area (TPSA) is 50.7 Å². The molecule has 0 N–H and O–H groups in total. The molecule has 0 saturated carbocycles. The molecule has 4 heterocycles. The van der Waals surface area contributed by atoms with E-state index < -0.39 is 0 Å². The van der Waals surface area contributed by atoms with Gasteiger partial charge in [-0.3, -0.25) is 14.8 Å². The fraction of sp³-hybridized carbons (Fsp3) is 0.500. The third kappa shape index (κ3) is 3.39. The van der Waals surface area contributed by atoms with Crippen LogP contribution in [0.5, 0.6) is 11.6 Å². The molecule has 1 unspecified atom stereocenters. The second-order valence-corrected chi connectivity index (χ2v) is 7.49. The molecule has 0 aliphatic carbocycles. The summed E-state index contributed by atoms with van der Waals surface area (Å²) in [6, 6.07) is 7.95. The maximum Gasteiger partial charge on any atom is 0.217 e. The Morgan fingerprint density at radius 1 is 1.23 bits per heavy atom. The van der Waals surface area contributed by atoms with Crippen LogP contribution in [0.25, 0.3) is 0 Å². The third-order valence-electron chi connectivity index (χ3n) is 5.60. The quantitative estimate of drug-likeness (QED) is 0.792. The van der Waals surface area contributed by atoms with Crippen LogP contribution in [0.1, 0.15) is 12.0 Å². The first-order chi connectivity index (χ1) is 12.7. The molecule has 6 nitrogen and oxygen atoms in total. The lowest BCUT2D eigenvalue weighted by Gasteiger charge is -2.52. The van der Waals surface area contributed by atoms with Gasteiger partial charge in [0.1, 0.15) is 5.75 Å². The number of aromatic nitrogens is 2. The zero-order chi connectivity index (χ0) is 18.0. The molecule has 2 aliphatic rings. The highest BCUT2D eigenvalue weighted by Gasteiger charge is 2.51. The van der Waals surface area contributed by atoms with Crippen molar-refractivity contribution >= 4 is 0 Å². The van der Waals surface area contributed by atoms with Crippen LogP contribution in [0.3, 0.4) is 0 Å². The van der Waals surface area contributed by atoms with Crippen LogP contribution < -0.4 is 9.47 Å². The Balaban J connectivity index is 1.30. The van der Waals surface area contributed by atoms with Crippen molar-refractivity contribution < 1.29 is 9.47 Å². The second-order valence-electron chi connectivity index (χ2n) is 7.49. The summed E-state index contributed by atoms with van der Waals surface area (Å²) < 4.78 is 11.3. The van der Waals surface area contributed by atoms with Gasteiger partial charge < -0.3 is 9.47 Å². The molecule has 138 valence electrons. The molecule has 2 aliphatic heterocycles. The van der Waals surface area contributed by atoms with Crippen LogP contribution in [0, 0.1) is 5.92 Å². The lowest BCUT2D eigenvalue weighted by molar-refractivity contribution is -0.0226. The van der Waals surface area contributed by atoms with Crippen LogP contribution in [-0.2, 0) is 6.54 Å². The van der Waals surface area contributed by atoms with Crippen molar-refractivity contribution in [2.75, 3.05) is 40.4 Å². The van der Waals surface area contributed by atoms with E-state index in [1.807, 2.05) is 18.2 Å².